The number of amides is 2. The highest BCUT2D eigenvalue weighted by Gasteiger charge is 2.32. The van der Waals surface area contributed by atoms with E-state index in [4.69, 9.17) is 0 Å². The SMILES string of the molecule is Cc1ccc(C(=O)Nc2ccc3c(c2)C(=O)N(CC2CC2)C3)cc1I. The maximum absolute atomic E-state index is 12.6. The number of hydrogen-bond acceptors (Lipinski definition) is 2. The molecule has 4 rings (SSSR count). The number of fused-ring (bicyclic) bond motifs is 1. The lowest BCUT2D eigenvalue weighted by Crippen LogP contribution is -2.26. The molecule has 25 heavy (non-hydrogen) atoms. The highest BCUT2D eigenvalue weighted by atomic mass is 127. The quantitative estimate of drug-likeness (QED) is 0.716. The Balaban J connectivity index is 1.51. The van der Waals surface area contributed by atoms with Gasteiger partial charge >= 0.3 is 0 Å². The van der Waals surface area contributed by atoms with Crippen LogP contribution in [0.5, 0.6) is 0 Å². The molecule has 5 heteroatoms. The largest absolute Gasteiger partial charge is 0.334 e. The Labute approximate surface area is 160 Å². The van der Waals surface area contributed by atoms with Gasteiger partial charge in [0, 0.05) is 33.5 Å². The second-order valence-corrected chi connectivity index (χ2v) is 8.08. The maximum atomic E-state index is 12.6. The smallest absolute Gasteiger partial charge is 0.255 e. The van der Waals surface area contributed by atoms with Crippen LogP contribution >= 0.6 is 22.6 Å². The Morgan fingerprint density at radius 1 is 1.24 bits per heavy atom. The predicted molar refractivity (Wildman–Crippen MR) is 106 cm³/mol. The van der Waals surface area contributed by atoms with E-state index in [0.717, 1.165) is 26.8 Å². The number of nitrogens with one attached hydrogen (secondary N) is 1. The maximum Gasteiger partial charge on any atom is 0.255 e. The van der Waals surface area contributed by atoms with Crippen molar-refractivity contribution in [1.29, 1.82) is 0 Å². The summed E-state index contributed by atoms with van der Waals surface area (Å²) in [4.78, 5) is 27.0. The first-order chi connectivity index (χ1) is 12.0. The number of aryl methyl sites for hydroxylation is 1. The summed E-state index contributed by atoms with van der Waals surface area (Å²) in [5, 5.41) is 2.91. The topological polar surface area (TPSA) is 49.4 Å². The van der Waals surface area contributed by atoms with Crippen LogP contribution < -0.4 is 5.32 Å². The molecular formula is C20H19IN2O2. The van der Waals surface area contributed by atoms with Gasteiger partial charge in [-0.25, -0.2) is 0 Å². The molecule has 0 radical (unpaired) electrons. The Hall–Kier alpha value is -1.89. The van der Waals surface area contributed by atoms with Crippen molar-refractivity contribution in [2.24, 2.45) is 5.92 Å². The van der Waals surface area contributed by atoms with Gasteiger partial charge in [0.15, 0.2) is 0 Å². The fraction of sp³-hybridized carbons (Fsp3) is 0.300. The molecule has 1 N–H and O–H groups in total. The minimum absolute atomic E-state index is 0.0860. The lowest BCUT2D eigenvalue weighted by molar-refractivity contribution is 0.0770. The van der Waals surface area contributed by atoms with Gasteiger partial charge in [0.1, 0.15) is 0 Å². The van der Waals surface area contributed by atoms with Crippen molar-refractivity contribution in [2.45, 2.75) is 26.3 Å². The Morgan fingerprint density at radius 3 is 2.76 bits per heavy atom. The summed E-state index contributed by atoms with van der Waals surface area (Å²) in [5.74, 6) is 0.613. The van der Waals surface area contributed by atoms with Crippen molar-refractivity contribution >= 4 is 40.1 Å². The summed E-state index contributed by atoms with van der Waals surface area (Å²) in [7, 11) is 0. The molecule has 128 valence electrons. The zero-order valence-corrected chi connectivity index (χ0v) is 16.2. The molecule has 1 saturated carbocycles. The van der Waals surface area contributed by atoms with Gasteiger partial charge < -0.3 is 10.2 Å². The van der Waals surface area contributed by atoms with E-state index in [1.807, 2.05) is 48.2 Å². The van der Waals surface area contributed by atoms with Gasteiger partial charge in [-0.15, -0.1) is 0 Å². The van der Waals surface area contributed by atoms with Crippen molar-refractivity contribution in [3.05, 3.63) is 62.2 Å². The Kier molecular flexibility index (Phi) is 4.27. The number of anilines is 1. The van der Waals surface area contributed by atoms with Crippen molar-refractivity contribution in [1.82, 2.24) is 4.90 Å². The molecule has 0 spiro atoms. The third-order valence-corrected chi connectivity index (χ3v) is 6.02. The summed E-state index contributed by atoms with van der Waals surface area (Å²) in [5.41, 5.74) is 4.21. The van der Waals surface area contributed by atoms with Crippen LogP contribution in [0, 0.1) is 16.4 Å². The van der Waals surface area contributed by atoms with Gasteiger partial charge in [0.05, 0.1) is 0 Å². The summed E-state index contributed by atoms with van der Waals surface area (Å²) in [6, 6.07) is 11.3. The molecule has 2 aliphatic rings. The lowest BCUT2D eigenvalue weighted by Gasteiger charge is -2.14. The van der Waals surface area contributed by atoms with Gasteiger partial charge in [-0.3, -0.25) is 9.59 Å². The van der Waals surface area contributed by atoms with E-state index >= 15 is 0 Å². The predicted octanol–water partition coefficient (Wildman–Crippen LogP) is 4.22. The molecular weight excluding hydrogens is 427 g/mol. The first kappa shape index (κ1) is 16.6. The number of rotatable bonds is 4. The van der Waals surface area contributed by atoms with E-state index in [-0.39, 0.29) is 11.8 Å². The Morgan fingerprint density at radius 2 is 2.04 bits per heavy atom. The van der Waals surface area contributed by atoms with Crippen LogP contribution in [0.1, 0.15) is 44.7 Å². The van der Waals surface area contributed by atoms with Crippen molar-refractivity contribution < 1.29 is 9.59 Å². The molecule has 0 saturated heterocycles. The van der Waals surface area contributed by atoms with Crippen LogP contribution in [0.25, 0.3) is 0 Å². The zero-order valence-electron chi connectivity index (χ0n) is 14.0. The number of carbonyl (C=O) groups is 2. The molecule has 0 bridgehead atoms. The molecule has 4 nitrogen and oxygen atoms in total. The van der Waals surface area contributed by atoms with Crippen LogP contribution in [0.15, 0.2) is 36.4 Å². The number of nitrogens with zero attached hydrogens (tertiary/aromatic N) is 1. The Bertz CT molecular complexity index is 874. The molecule has 1 aliphatic heterocycles. The first-order valence-electron chi connectivity index (χ1n) is 8.51. The van der Waals surface area contributed by atoms with Gasteiger partial charge in [-0.2, -0.15) is 0 Å². The third-order valence-electron chi connectivity index (χ3n) is 4.86. The normalized spacial score (nSPS) is 16.1. The van der Waals surface area contributed by atoms with Gasteiger partial charge in [0.25, 0.3) is 11.8 Å². The first-order valence-corrected chi connectivity index (χ1v) is 9.59. The van der Waals surface area contributed by atoms with Crippen molar-refractivity contribution in [2.75, 3.05) is 11.9 Å². The lowest BCUT2D eigenvalue weighted by atomic mass is 10.1. The fourth-order valence-electron chi connectivity index (χ4n) is 3.14. The molecule has 2 amide bonds. The van der Waals surface area contributed by atoms with Gasteiger partial charge in [0.2, 0.25) is 0 Å². The van der Waals surface area contributed by atoms with Crippen LogP contribution in [-0.2, 0) is 6.54 Å². The highest BCUT2D eigenvalue weighted by Crippen LogP contribution is 2.33. The summed E-state index contributed by atoms with van der Waals surface area (Å²) >= 11 is 2.23. The van der Waals surface area contributed by atoms with E-state index in [1.165, 1.54) is 12.8 Å². The molecule has 2 aromatic rings. The van der Waals surface area contributed by atoms with E-state index in [1.54, 1.807) is 0 Å². The minimum Gasteiger partial charge on any atom is -0.334 e. The molecule has 0 atom stereocenters. The van der Waals surface area contributed by atoms with E-state index < -0.39 is 0 Å². The molecule has 0 aromatic heterocycles. The summed E-state index contributed by atoms with van der Waals surface area (Å²) < 4.78 is 1.06. The number of halogens is 1. The van der Waals surface area contributed by atoms with E-state index in [0.29, 0.717) is 23.7 Å². The molecule has 2 aromatic carbocycles. The number of carbonyl (C=O) groups excluding carboxylic acids is 2. The van der Waals surface area contributed by atoms with E-state index in [2.05, 4.69) is 27.9 Å². The summed E-state index contributed by atoms with van der Waals surface area (Å²) in [6.45, 7) is 3.56. The fourth-order valence-corrected chi connectivity index (χ4v) is 3.65. The monoisotopic (exact) mass is 446 g/mol. The van der Waals surface area contributed by atoms with Crippen molar-refractivity contribution in [3.63, 3.8) is 0 Å². The van der Waals surface area contributed by atoms with Gasteiger partial charge in [-0.1, -0.05) is 12.1 Å². The molecule has 1 fully saturated rings. The van der Waals surface area contributed by atoms with Crippen molar-refractivity contribution in [3.8, 4) is 0 Å². The minimum atomic E-state index is -0.154. The van der Waals surface area contributed by atoms with Crippen LogP contribution in [-0.4, -0.2) is 23.3 Å². The van der Waals surface area contributed by atoms with Crippen LogP contribution in [0.3, 0.4) is 0 Å². The second-order valence-electron chi connectivity index (χ2n) is 6.92. The second kappa shape index (κ2) is 6.44. The average molecular weight is 446 g/mol. The standard InChI is InChI=1S/C20H19IN2O2/c1-12-2-5-14(8-18(12)21)19(24)22-16-7-6-15-11-23(10-13-3-4-13)20(25)17(15)9-16/h2,5-9,13H,3-4,10-11H2,1H3,(H,22,24). The third kappa shape index (κ3) is 3.42. The highest BCUT2D eigenvalue weighted by molar-refractivity contribution is 14.1. The van der Waals surface area contributed by atoms with Gasteiger partial charge in [-0.05, 0) is 83.7 Å². The van der Waals surface area contributed by atoms with E-state index in [9.17, 15) is 9.59 Å². The zero-order chi connectivity index (χ0) is 17.6. The van der Waals surface area contributed by atoms with Crippen LogP contribution in [0.2, 0.25) is 0 Å². The molecule has 1 heterocycles. The summed E-state index contributed by atoms with van der Waals surface area (Å²) in [6.07, 6.45) is 2.47. The molecule has 0 unspecified atom stereocenters. The van der Waals surface area contributed by atoms with Crippen LogP contribution in [0.4, 0.5) is 5.69 Å². The number of benzene rings is 2. The molecule has 1 aliphatic carbocycles. The average Bonchev–Trinajstić information content (AvgIpc) is 3.36. The number of hydrogen-bond donors (Lipinski definition) is 1.